The van der Waals surface area contributed by atoms with Crippen molar-refractivity contribution in [2.45, 2.75) is 19.1 Å². The monoisotopic (exact) mass is 311 g/mol. The van der Waals surface area contributed by atoms with E-state index in [2.05, 4.69) is 57.4 Å². The number of hydrogen-bond donors (Lipinski definition) is 0. The average molecular weight is 311 g/mol. The molecule has 0 saturated heterocycles. The summed E-state index contributed by atoms with van der Waals surface area (Å²) in [5.41, 5.74) is 0. The van der Waals surface area contributed by atoms with Gasteiger partial charge in [-0.25, -0.2) is 3.21 Å². The molecule has 0 atom stereocenters. The highest BCUT2D eigenvalue weighted by Crippen LogP contribution is 2.23. The van der Waals surface area contributed by atoms with Gasteiger partial charge in [0.15, 0.2) is 0 Å². The van der Waals surface area contributed by atoms with Crippen molar-refractivity contribution in [1.29, 1.82) is 0 Å². The summed E-state index contributed by atoms with van der Waals surface area (Å²) in [6.07, 6.45) is 0. The number of rotatable bonds is 2. The number of halogens is 1. The van der Waals surface area contributed by atoms with Crippen molar-refractivity contribution < 1.29 is 0 Å². The number of nitrogens with zero attached hydrogens (tertiary/aromatic N) is 1. The van der Waals surface area contributed by atoms with E-state index in [1.807, 2.05) is 11.8 Å². The summed E-state index contributed by atoms with van der Waals surface area (Å²) >= 11 is 5.61. The lowest BCUT2D eigenvalue weighted by atomic mass is 10.5. The maximum Gasteiger partial charge on any atom is 0.120 e. The molecule has 0 aliphatic heterocycles. The Hall–Kier alpha value is 0.450. The van der Waals surface area contributed by atoms with E-state index in [9.17, 15) is 0 Å². The minimum atomic E-state index is 0.598. The number of thioether (sulfide) groups is 1. The third-order valence-corrected chi connectivity index (χ3v) is 3.98. The van der Waals surface area contributed by atoms with Gasteiger partial charge in [0.2, 0.25) is 0 Å². The average Bonchev–Trinajstić information content (AvgIpc) is 2.51. The Kier molecular flexibility index (Phi) is 4.60. The maximum absolute atomic E-state index is 4.23. The van der Waals surface area contributed by atoms with E-state index in [4.69, 9.17) is 0 Å². The van der Waals surface area contributed by atoms with Gasteiger partial charge in [-0.2, -0.15) is 0 Å². The fourth-order valence-corrected chi connectivity index (χ4v) is 3.07. The third kappa shape index (κ3) is 3.06. The van der Waals surface area contributed by atoms with Gasteiger partial charge in [0.1, 0.15) is 5.04 Å². The highest BCUT2D eigenvalue weighted by atomic mass is 127. The van der Waals surface area contributed by atoms with Crippen molar-refractivity contribution in [3.63, 3.8) is 0 Å². The van der Waals surface area contributed by atoms with Crippen molar-refractivity contribution in [3.8, 4) is 0 Å². The van der Waals surface area contributed by atoms with Crippen LogP contribution in [0.2, 0.25) is 0 Å². The van der Waals surface area contributed by atoms with Crippen LogP contribution in [0.5, 0.6) is 0 Å². The van der Waals surface area contributed by atoms with Crippen LogP contribution in [0.3, 0.4) is 0 Å². The van der Waals surface area contributed by atoms with Crippen LogP contribution in [0.4, 0.5) is 0 Å². The predicted octanol–water partition coefficient (Wildman–Crippen LogP) is 3.99. The van der Waals surface area contributed by atoms with Gasteiger partial charge < -0.3 is 0 Å². The first-order valence-corrected chi connectivity index (χ1v) is 6.36. The highest BCUT2D eigenvalue weighted by Gasteiger charge is 2.06. The van der Waals surface area contributed by atoms with Crippen LogP contribution in [0.15, 0.2) is 20.7 Å². The van der Waals surface area contributed by atoms with Crippen LogP contribution in [-0.4, -0.2) is 10.3 Å². The smallest absolute Gasteiger partial charge is 0.120 e. The molecule has 1 nitrogen and oxygen atoms in total. The first-order valence-electron chi connectivity index (χ1n) is 3.63. The van der Waals surface area contributed by atoms with Crippen LogP contribution >= 0.6 is 46.0 Å². The quantitative estimate of drug-likeness (QED) is 0.457. The molecule has 0 aromatic carbocycles. The van der Waals surface area contributed by atoms with Crippen molar-refractivity contribution in [2.75, 3.05) is 0 Å². The molecule has 66 valence electrons. The molecule has 1 aromatic heterocycles. The Labute approximate surface area is 95.2 Å². The molecule has 0 fully saturated rings. The van der Waals surface area contributed by atoms with E-state index in [1.165, 1.54) is 4.88 Å². The topological polar surface area (TPSA) is 12.4 Å². The Bertz CT molecular complexity index is 254. The Morgan fingerprint density at radius 1 is 1.67 bits per heavy atom. The second-order valence-corrected chi connectivity index (χ2v) is 5.53. The van der Waals surface area contributed by atoms with Crippen LogP contribution in [0.25, 0.3) is 0 Å². The third-order valence-electron chi connectivity index (χ3n) is 1.16. The zero-order valence-electron chi connectivity index (χ0n) is 6.95. The van der Waals surface area contributed by atoms with Gasteiger partial charge in [-0.3, -0.25) is 0 Å². The first kappa shape index (κ1) is 10.5. The summed E-state index contributed by atoms with van der Waals surface area (Å²) in [6, 6.07) is 4.17. The molecule has 0 saturated carbocycles. The summed E-state index contributed by atoms with van der Waals surface area (Å²) in [7, 11) is 0. The van der Waals surface area contributed by atoms with E-state index < -0.39 is 0 Å². The SMILES string of the molecule is CC(C)S/C(=N\I)c1cccs1. The van der Waals surface area contributed by atoms with Crippen molar-refractivity contribution >= 4 is 51.0 Å². The normalized spacial score (nSPS) is 12.5. The maximum atomic E-state index is 4.23. The van der Waals surface area contributed by atoms with Gasteiger partial charge in [0, 0.05) is 5.25 Å². The molecule has 0 aliphatic rings. The van der Waals surface area contributed by atoms with Gasteiger partial charge in [-0.15, -0.1) is 23.1 Å². The lowest BCUT2D eigenvalue weighted by Crippen LogP contribution is -1.96. The lowest BCUT2D eigenvalue weighted by molar-refractivity contribution is 1.12. The van der Waals surface area contributed by atoms with Gasteiger partial charge in [-0.1, -0.05) is 19.9 Å². The first-order chi connectivity index (χ1) is 5.74. The van der Waals surface area contributed by atoms with Crippen LogP contribution < -0.4 is 0 Å². The largest absolute Gasteiger partial charge is 0.207 e. The second kappa shape index (κ2) is 5.24. The van der Waals surface area contributed by atoms with Gasteiger partial charge in [0.05, 0.1) is 27.7 Å². The van der Waals surface area contributed by atoms with Crippen molar-refractivity contribution in [2.24, 2.45) is 3.21 Å². The summed E-state index contributed by atoms with van der Waals surface area (Å²) < 4.78 is 4.23. The summed E-state index contributed by atoms with van der Waals surface area (Å²) in [6.45, 7) is 4.36. The molecular formula is C8H10INS2. The highest BCUT2D eigenvalue weighted by molar-refractivity contribution is 14.1. The molecule has 0 bridgehead atoms. The fourth-order valence-electron chi connectivity index (χ4n) is 0.743. The molecule has 0 radical (unpaired) electrons. The van der Waals surface area contributed by atoms with Crippen LogP contribution in [0.1, 0.15) is 18.7 Å². The molecule has 1 heterocycles. The molecule has 0 unspecified atom stereocenters. The van der Waals surface area contributed by atoms with Crippen molar-refractivity contribution in [3.05, 3.63) is 22.4 Å². The standard InChI is InChI=1S/C8H10INS2/c1-6(2)12-8(10-9)7-4-3-5-11-7/h3-6H,1-2H3/b10-8-. The minimum Gasteiger partial charge on any atom is -0.207 e. The van der Waals surface area contributed by atoms with Crippen LogP contribution in [0, 0.1) is 0 Å². The zero-order valence-corrected chi connectivity index (χ0v) is 10.7. The molecule has 1 aromatic rings. The van der Waals surface area contributed by atoms with E-state index in [1.54, 1.807) is 11.3 Å². The molecule has 1 rings (SSSR count). The zero-order chi connectivity index (χ0) is 8.97. The van der Waals surface area contributed by atoms with Gasteiger partial charge in [-0.05, 0) is 11.4 Å². The molecule has 0 amide bonds. The number of hydrogen-bond acceptors (Lipinski definition) is 3. The van der Waals surface area contributed by atoms with E-state index in [0.29, 0.717) is 5.25 Å². The van der Waals surface area contributed by atoms with Gasteiger partial charge >= 0.3 is 0 Å². The number of thiophene rings is 1. The molecular weight excluding hydrogens is 301 g/mol. The molecule has 4 heteroatoms. The Morgan fingerprint density at radius 2 is 2.42 bits per heavy atom. The summed E-state index contributed by atoms with van der Waals surface area (Å²) in [5, 5.41) is 3.82. The summed E-state index contributed by atoms with van der Waals surface area (Å²) in [4.78, 5) is 1.27. The van der Waals surface area contributed by atoms with Gasteiger partial charge in [0.25, 0.3) is 0 Å². The van der Waals surface area contributed by atoms with E-state index in [-0.39, 0.29) is 0 Å². The van der Waals surface area contributed by atoms with Crippen molar-refractivity contribution in [1.82, 2.24) is 0 Å². The Morgan fingerprint density at radius 3 is 2.83 bits per heavy atom. The molecule has 12 heavy (non-hydrogen) atoms. The van der Waals surface area contributed by atoms with E-state index in [0.717, 1.165) is 5.04 Å². The van der Waals surface area contributed by atoms with Crippen LogP contribution in [-0.2, 0) is 0 Å². The second-order valence-electron chi connectivity index (χ2n) is 2.53. The fraction of sp³-hybridized carbons (Fsp3) is 0.375. The molecule has 0 spiro atoms. The predicted molar refractivity (Wildman–Crippen MR) is 67.6 cm³/mol. The molecule has 0 aliphatic carbocycles. The lowest BCUT2D eigenvalue weighted by Gasteiger charge is -2.04. The summed E-state index contributed by atoms with van der Waals surface area (Å²) in [5.74, 6) is 0. The molecule has 0 N–H and O–H groups in total. The minimum absolute atomic E-state index is 0.598. The van der Waals surface area contributed by atoms with E-state index >= 15 is 0 Å². The Balaban J connectivity index is 2.72.